The third-order valence-corrected chi connectivity index (χ3v) is 1.90. The maximum absolute atomic E-state index is 10.7. The summed E-state index contributed by atoms with van der Waals surface area (Å²) in [4.78, 5) is 10.7. The van der Waals surface area contributed by atoms with Crippen molar-refractivity contribution in [1.29, 1.82) is 0 Å². The van der Waals surface area contributed by atoms with Crippen LogP contribution in [-0.4, -0.2) is 13.2 Å². The molecule has 0 fully saturated rings. The van der Waals surface area contributed by atoms with E-state index >= 15 is 0 Å². The molecule has 0 N–H and O–H groups in total. The van der Waals surface area contributed by atoms with Gasteiger partial charge in [-0.25, -0.2) is 0 Å². The smallest absolute Gasteiger partial charge is 0.267 e. The van der Waals surface area contributed by atoms with Gasteiger partial charge in [0, 0.05) is 16.5 Å². The molecule has 0 rings (SSSR count). The van der Waals surface area contributed by atoms with Crippen molar-refractivity contribution >= 4 is 7.82 Å². The topological polar surface area (TPSA) is 58.6 Å². The summed E-state index contributed by atoms with van der Waals surface area (Å²) in [6.45, 7) is 4.06. The molecular formula is C6H14NiO4P-. The van der Waals surface area contributed by atoms with E-state index < -0.39 is 7.82 Å². The van der Waals surface area contributed by atoms with Gasteiger partial charge >= 0.3 is 0 Å². The van der Waals surface area contributed by atoms with Gasteiger partial charge in [-0.1, -0.05) is 13.8 Å². The van der Waals surface area contributed by atoms with Crippen LogP contribution in [0.1, 0.15) is 26.7 Å². The second kappa shape index (κ2) is 8.21. The molecule has 78 valence electrons. The Hall–Kier alpha value is 0.604. The van der Waals surface area contributed by atoms with E-state index in [1.54, 1.807) is 0 Å². The molecule has 0 aromatic heterocycles. The van der Waals surface area contributed by atoms with E-state index in [9.17, 15) is 9.46 Å². The monoisotopic (exact) mass is 239 g/mol. The van der Waals surface area contributed by atoms with E-state index in [-0.39, 0.29) is 29.7 Å². The van der Waals surface area contributed by atoms with Crippen molar-refractivity contribution in [2.45, 2.75) is 26.7 Å². The molecule has 0 atom stereocenters. The average molecular weight is 240 g/mol. The zero-order valence-electron chi connectivity index (χ0n) is 7.22. The third kappa shape index (κ3) is 8.70. The van der Waals surface area contributed by atoms with Gasteiger partial charge in [0.1, 0.15) is 0 Å². The van der Waals surface area contributed by atoms with Crippen molar-refractivity contribution < 1.29 is 35.0 Å². The van der Waals surface area contributed by atoms with E-state index in [4.69, 9.17) is 0 Å². The van der Waals surface area contributed by atoms with Crippen LogP contribution in [0.15, 0.2) is 0 Å². The molecule has 0 aliphatic carbocycles. The molecule has 4 nitrogen and oxygen atoms in total. The number of rotatable bonds is 6. The van der Waals surface area contributed by atoms with Crippen molar-refractivity contribution in [3.63, 3.8) is 0 Å². The molecular weight excluding hydrogens is 226 g/mol. The van der Waals surface area contributed by atoms with Crippen molar-refractivity contribution in [3.05, 3.63) is 0 Å². The molecule has 0 aromatic carbocycles. The predicted octanol–water partition coefficient (Wildman–Crippen LogP) is 1.31. The maximum Gasteiger partial charge on any atom is 0.267 e. The van der Waals surface area contributed by atoms with Crippen molar-refractivity contribution in [2.75, 3.05) is 13.2 Å². The molecule has 0 amide bonds. The van der Waals surface area contributed by atoms with Gasteiger partial charge in [-0.2, -0.15) is 0 Å². The molecule has 0 bridgehead atoms. The molecule has 0 saturated carbocycles. The number of hydrogen-bond acceptors (Lipinski definition) is 4. The van der Waals surface area contributed by atoms with E-state index in [1.165, 1.54) is 0 Å². The summed E-state index contributed by atoms with van der Waals surface area (Å²) in [5.41, 5.74) is 0. The molecule has 0 heterocycles. The van der Waals surface area contributed by atoms with Gasteiger partial charge in [-0.15, -0.1) is 0 Å². The summed E-state index contributed by atoms with van der Waals surface area (Å²) in [7, 11) is -3.98. The van der Waals surface area contributed by atoms with Gasteiger partial charge in [0.05, 0.1) is 13.2 Å². The Balaban J connectivity index is 0. The maximum atomic E-state index is 10.7. The van der Waals surface area contributed by atoms with Crippen LogP contribution in [0, 0.1) is 0 Å². The summed E-state index contributed by atoms with van der Waals surface area (Å²) in [6.07, 6.45) is 1.34. The second-order valence-corrected chi connectivity index (χ2v) is 3.52. The summed E-state index contributed by atoms with van der Waals surface area (Å²) < 4.78 is 19.6. The Kier molecular flexibility index (Phi) is 10.3. The van der Waals surface area contributed by atoms with Crippen molar-refractivity contribution in [3.8, 4) is 0 Å². The van der Waals surface area contributed by atoms with Crippen LogP contribution in [0.5, 0.6) is 0 Å². The van der Waals surface area contributed by atoms with Crippen LogP contribution in [0.25, 0.3) is 0 Å². The molecule has 0 unspecified atom stereocenters. The Labute approximate surface area is 83.2 Å². The SMILES string of the molecule is CCCOP(=O)([O-])OCCC.[Ni]. The van der Waals surface area contributed by atoms with Gasteiger partial charge in [0.15, 0.2) is 0 Å². The first-order valence-corrected chi connectivity index (χ1v) is 5.18. The summed E-state index contributed by atoms with van der Waals surface area (Å²) in [5, 5.41) is 0. The molecule has 0 aromatic rings. The van der Waals surface area contributed by atoms with Crippen LogP contribution in [0.3, 0.4) is 0 Å². The average Bonchev–Trinajstić information content (AvgIpc) is 1.97. The van der Waals surface area contributed by atoms with Crippen LogP contribution >= 0.6 is 7.82 Å². The Morgan fingerprint density at radius 2 is 1.50 bits per heavy atom. The minimum atomic E-state index is -3.98. The van der Waals surface area contributed by atoms with E-state index in [1.807, 2.05) is 13.8 Å². The third-order valence-electron chi connectivity index (χ3n) is 0.907. The minimum absolute atomic E-state index is 0. The summed E-state index contributed by atoms with van der Waals surface area (Å²) in [5.74, 6) is 0. The predicted molar refractivity (Wildman–Crippen MR) is 40.1 cm³/mol. The van der Waals surface area contributed by atoms with Gasteiger partial charge < -0.3 is 13.9 Å². The van der Waals surface area contributed by atoms with Crippen molar-refractivity contribution in [2.24, 2.45) is 0 Å². The standard InChI is InChI=1S/C6H15O4P.Ni/c1-3-5-9-11(7,8)10-6-4-2;/h3-6H2,1-2H3,(H,7,8);/p-1. The fourth-order valence-corrected chi connectivity index (χ4v) is 1.33. The molecule has 0 aliphatic rings. The largest absolute Gasteiger partial charge is 0.756 e. The number of phosphoric ester groups is 1. The van der Waals surface area contributed by atoms with E-state index in [2.05, 4.69) is 9.05 Å². The molecule has 0 saturated heterocycles. The Bertz CT molecular complexity index is 130. The zero-order chi connectivity index (χ0) is 8.74. The Morgan fingerprint density at radius 3 is 1.75 bits per heavy atom. The van der Waals surface area contributed by atoms with Gasteiger partial charge in [-0.05, 0) is 12.8 Å². The van der Waals surface area contributed by atoms with Crippen LogP contribution in [-0.2, 0) is 30.1 Å². The van der Waals surface area contributed by atoms with Crippen molar-refractivity contribution in [1.82, 2.24) is 0 Å². The number of phosphoric acid groups is 1. The zero-order valence-corrected chi connectivity index (χ0v) is 9.11. The summed E-state index contributed by atoms with van der Waals surface area (Å²) >= 11 is 0. The molecule has 12 heavy (non-hydrogen) atoms. The van der Waals surface area contributed by atoms with E-state index in [0.717, 1.165) is 0 Å². The first kappa shape index (κ1) is 15.1. The molecule has 0 aliphatic heterocycles. The molecule has 6 heteroatoms. The van der Waals surface area contributed by atoms with Crippen LogP contribution in [0.2, 0.25) is 0 Å². The fraction of sp³-hybridized carbons (Fsp3) is 1.00. The quantitative estimate of drug-likeness (QED) is 0.518. The molecule has 0 spiro atoms. The first-order chi connectivity index (χ1) is 5.12. The van der Waals surface area contributed by atoms with Gasteiger partial charge in [0.25, 0.3) is 7.82 Å². The van der Waals surface area contributed by atoms with Gasteiger partial charge in [0.2, 0.25) is 0 Å². The van der Waals surface area contributed by atoms with Crippen LogP contribution in [0.4, 0.5) is 0 Å². The second-order valence-electron chi connectivity index (χ2n) is 2.11. The first-order valence-electron chi connectivity index (χ1n) is 3.72. The molecule has 0 radical (unpaired) electrons. The number of hydrogen-bond donors (Lipinski definition) is 0. The Morgan fingerprint density at radius 1 is 1.17 bits per heavy atom. The van der Waals surface area contributed by atoms with Gasteiger partial charge in [-0.3, -0.25) is 4.57 Å². The fourth-order valence-electron chi connectivity index (χ4n) is 0.443. The van der Waals surface area contributed by atoms with Crippen LogP contribution < -0.4 is 4.89 Å². The van der Waals surface area contributed by atoms with E-state index in [0.29, 0.717) is 12.8 Å². The minimum Gasteiger partial charge on any atom is -0.756 e. The summed E-state index contributed by atoms with van der Waals surface area (Å²) in [6, 6.07) is 0. The normalized spacial score (nSPS) is 10.9.